The van der Waals surface area contributed by atoms with Gasteiger partial charge in [0.25, 0.3) is 0 Å². The molecule has 0 unspecified atom stereocenters. The van der Waals surface area contributed by atoms with Crippen LogP contribution in [0.5, 0.6) is 17.2 Å². The summed E-state index contributed by atoms with van der Waals surface area (Å²) in [7, 11) is 0. The topological polar surface area (TPSA) is 27.7 Å². The van der Waals surface area contributed by atoms with Gasteiger partial charge in [-0.3, -0.25) is 0 Å². The first kappa shape index (κ1) is 56.5. The molecule has 0 spiro atoms. The molecular weight excluding hydrogens is 850 g/mol. The molecule has 360 valence electrons. The minimum Gasteiger partial charge on any atom is -0.642 e. The van der Waals surface area contributed by atoms with E-state index >= 15 is 0 Å². The van der Waals surface area contributed by atoms with Gasteiger partial charge in [-0.05, 0) is 156 Å². The Kier molecular flexibility index (Phi) is 17.4. The minimum atomic E-state index is -1.38. The fourth-order valence-corrected chi connectivity index (χ4v) is 11.8. The van der Waals surface area contributed by atoms with Crippen molar-refractivity contribution in [3.05, 3.63) is 120 Å². The molecule has 0 aromatic heterocycles. The Bertz CT molecular complexity index is 1980. The van der Waals surface area contributed by atoms with E-state index in [2.05, 4.69) is 217 Å². The molecule has 4 aromatic rings. The summed E-state index contributed by atoms with van der Waals surface area (Å²) in [6.45, 7) is 49.5. The summed E-state index contributed by atoms with van der Waals surface area (Å²) < 4.78 is 20.7. The SMILES string of the molecule is Cc1c(Cc2cc(C(C)(C)C)c([O][Al]([CH3])[CH3])c(C(C)(C)C)c2)c(C)c(Cc2cc(C(C)(C)C)c([O][Al]([CH3])[CH3])c(C(C)(C)C)c2)c(C)c1Cc1cc(C(C)(C)C)c([O][Al]([CH3])[CH3])c(C(C)(C)C)c1. The smallest absolute Gasteiger partial charge is 0.540 e. The zero-order valence-electron chi connectivity index (χ0n) is 47.5. The van der Waals surface area contributed by atoms with Gasteiger partial charge in [0.1, 0.15) is 0 Å². The average Bonchev–Trinajstić information content (AvgIpc) is 3.11. The molecule has 0 fully saturated rings. The Hall–Kier alpha value is -2.12. The Morgan fingerprint density at radius 1 is 0.303 bits per heavy atom. The maximum absolute atomic E-state index is 6.89. The highest BCUT2D eigenvalue weighted by Gasteiger charge is 2.33. The average molecular weight is 943 g/mol. The predicted molar refractivity (Wildman–Crippen MR) is 295 cm³/mol. The van der Waals surface area contributed by atoms with Crippen molar-refractivity contribution in [2.24, 2.45) is 0 Å². The van der Waals surface area contributed by atoms with Crippen molar-refractivity contribution >= 4 is 43.4 Å². The van der Waals surface area contributed by atoms with E-state index in [1.807, 2.05) is 0 Å². The fraction of sp³-hybridized carbons (Fsp3) is 0.600. The molecule has 6 heteroatoms. The Morgan fingerprint density at radius 3 is 0.576 bits per heavy atom. The number of hydrogen-bond acceptors (Lipinski definition) is 3. The van der Waals surface area contributed by atoms with Crippen LogP contribution in [0.4, 0.5) is 0 Å². The van der Waals surface area contributed by atoms with Crippen molar-refractivity contribution in [2.75, 3.05) is 0 Å². The Morgan fingerprint density at radius 2 is 0.455 bits per heavy atom. The maximum atomic E-state index is 6.89. The lowest BCUT2D eigenvalue weighted by atomic mass is 9.75. The lowest BCUT2D eigenvalue weighted by molar-refractivity contribution is 0.486. The second-order valence-electron chi connectivity index (χ2n) is 26.9. The van der Waals surface area contributed by atoms with E-state index in [-0.39, 0.29) is 32.5 Å². The van der Waals surface area contributed by atoms with E-state index in [0.29, 0.717) is 0 Å². The third kappa shape index (κ3) is 13.6. The van der Waals surface area contributed by atoms with E-state index in [1.54, 1.807) is 0 Å². The number of hydrogen-bond donors (Lipinski definition) is 0. The molecule has 3 nitrogen and oxygen atoms in total. The van der Waals surface area contributed by atoms with Crippen molar-refractivity contribution in [3.63, 3.8) is 0 Å². The van der Waals surface area contributed by atoms with Gasteiger partial charge in [-0.2, -0.15) is 0 Å². The second-order valence-corrected chi connectivity index (χ2v) is 33.9. The van der Waals surface area contributed by atoms with Gasteiger partial charge in [0, 0.05) is 0 Å². The van der Waals surface area contributed by atoms with Crippen molar-refractivity contribution in [1.29, 1.82) is 0 Å². The van der Waals surface area contributed by atoms with Crippen LogP contribution in [-0.2, 0) is 51.8 Å². The second kappa shape index (κ2) is 20.3. The van der Waals surface area contributed by atoms with Crippen LogP contribution in [0.25, 0.3) is 0 Å². The van der Waals surface area contributed by atoms with E-state index in [9.17, 15) is 0 Å². The molecule has 0 aliphatic rings. The van der Waals surface area contributed by atoms with Gasteiger partial charge in [-0.25, -0.2) is 0 Å². The monoisotopic (exact) mass is 943 g/mol. The van der Waals surface area contributed by atoms with Crippen molar-refractivity contribution < 1.29 is 11.4 Å². The molecule has 0 saturated carbocycles. The molecule has 0 atom stereocenters. The summed E-state index contributed by atoms with van der Waals surface area (Å²) in [5, 5.41) is 0. The summed E-state index contributed by atoms with van der Waals surface area (Å²) in [6.07, 6.45) is 2.59. The molecule has 0 bridgehead atoms. The van der Waals surface area contributed by atoms with Crippen LogP contribution >= 0.6 is 0 Å². The lowest BCUT2D eigenvalue weighted by Crippen LogP contribution is -2.24. The van der Waals surface area contributed by atoms with E-state index in [0.717, 1.165) is 36.5 Å². The highest BCUT2D eigenvalue weighted by atomic mass is 27.2. The summed E-state index contributed by atoms with van der Waals surface area (Å²) in [5.41, 5.74) is 20.2. The van der Waals surface area contributed by atoms with E-state index < -0.39 is 43.4 Å². The largest absolute Gasteiger partial charge is 0.642 e. The van der Waals surface area contributed by atoms with Crippen LogP contribution in [-0.4, -0.2) is 43.4 Å². The van der Waals surface area contributed by atoms with Crippen LogP contribution in [0, 0.1) is 20.8 Å². The van der Waals surface area contributed by atoms with Crippen LogP contribution in [0.2, 0.25) is 34.7 Å². The molecule has 0 amide bonds. The van der Waals surface area contributed by atoms with Crippen molar-refractivity contribution in [3.8, 4) is 17.2 Å². The van der Waals surface area contributed by atoms with Gasteiger partial charge in [-0.1, -0.05) is 196 Å². The van der Waals surface area contributed by atoms with Gasteiger partial charge < -0.3 is 11.4 Å². The number of rotatable bonds is 12. The number of benzene rings is 4. The summed E-state index contributed by atoms with van der Waals surface area (Å²) in [4.78, 5) is 0. The predicted octanol–water partition coefficient (Wildman–Crippen LogP) is 17.1. The standard InChI is InChI=1S/C54H78O3.6CH3.3Al/c1-31-37(22-34-25-40(49(4,5)6)46(55)41(26-34)50(7,8)9)32(2)39(24-36-29-44(53(16,17)18)48(57)45(30-36)54(19,20)21)33(3)38(31)23-35-27-42(51(10,11)12)47(56)43(28-35)52(13,14)15;;;;;;;;;/h25-30,55-57H,22-24H2,1-21H3;6*1H3;;;/q;;;;;;;3*+1/p-3. The van der Waals surface area contributed by atoms with Crippen LogP contribution in [0.1, 0.15) is 208 Å². The van der Waals surface area contributed by atoms with Gasteiger partial charge in [0.15, 0.2) is 0 Å². The molecule has 0 N–H and O–H groups in total. The first-order valence-corrected chi connectivity index (χ1v) is 33.7. The fourth-order valence-electron chi connectivity index (χ4n) is 9.60. The first-order chi connectivity index (χ1) is 29.7. The maximum Gasteiger partial charge on any atom is 0.540 e. The quantitative estimate of drug-likeness (QED) is 0.132. The van der Waals surface area contributed by atoms with Gasteiger partial charge in [0.05, 0.1) is 17.2 Å². The zero-order valence-corrected chi connectivity index (χ0v) is 51.0. The summed E-state index contributed by atoms with van der Waals surface area (Å²) in [5.74, 6) is 17.1. The molecule has 0 radical (unpaired) electrons. The van der Waals surface area contributed by atoms with Crippen LogP contribution in [0.3, 0.4) is 0 Å². The highest BCUT2D eigenvalue weighted by Crippen LogP contribution is 2.46. The molecular formula is C60H93Al3O3. The van der Waals surface area contributed by atoms with Crippen molar-refractivity contribution in [2.45, 2.75) is 232 Å². The van der Waals surface area contributed by atoms with Crippen molar-refractivity contribution in [1.82, 2.24) is 0 Å². The molecule has 0 aliphatic carbocycles. The summed E-state index contributed by atoms with van der Waals surface area (Å²) in [6, 6.07) is 14.9. The normalized spacial score (nSPS) is 13.0. The van der Waals surface area contributed by atoms with E-state index in [4.69, 9.17) is 11.4 Å². The third-order valence-electron chi connectivity index (χ3n) is 13.2. The van der Waals surface area contributed by atoms with Gasteiger partial charge in [-0.15, -0.1) is 0 Å². The Labute approximate surface area is 420 Å². The molecule has 0 saturated heterocycles. The van der Waals surface area contributed by atoms with Gasteiger partial charge >= 0.3 is 43.4 Å². The molecule has 0 heterocycles. The van der Waals surface area contributed by atoms with Crippen LogP contribution in [0.15, 0.2) is 36.4 Å². The van der Waals surface area contributed by atoms with E-state index in [1.165, 1.54) is 83.5 Å². The molecule has 0 aliphatic heterocycles. The third-order valence-corrected chi connectivity index (χ3v) is 15.3. The first-order valence-electron chi connectivity index (χ1n) is 25.4. The zero-order chi connectivity index (χ0) is 50.6. The molecule has 4 aromatic carbocycles. The minimum absolute atomic E-state index is 0.0742. The van der Waals surface area contributed by atoms with Gasteiger partial charge in [0.2, 0.25) is 0 Å². The highest BCUT2D eigenvalue weighted by molar-refractivity contribution is 6.50. The van der Waals surface area contributed by atoms with Crippen LogP contribution < -0.4 is 11.4 Å². The Balaban J connectivity index is 2.17. The lowest BCUT2D eigenvalue weighted by Gasteiger charge is -2.33. The molecule has 4 rings (SSSR count). The summed E-state index contributed by atoms with van der Waals surface area (Å²) >= 11 is -4.13. The molecule has 66 heavy (non-hydrogen) atoms.